The summed E-state index contributed by atoms with van der Waals surface area (Å²) in [5.74, 6) is -0.441. The summed E-state index contributed by atoms with van der Waals surface area (Å²) in [5.41, 5.74) is 2.81. The van der Waals surface area contributed by atoms with Crippen molar-refractivity contribution < 1.29 is 9.59 Å². The lowest BCUT2D eigenvalue weighted by Gasteiger charge is -2.19. The van der Waals surface area contributed by atoms with Gasteiger partial charge in [0, 0.05) is 24.0 Å². The molecule has 1 N–H and O–H groups in total. The molecule has 0 saturated carbocycles. The van der Waals surface area contributed by atoms with Gasteiger partial charge in [0.15, 0.2) is 0 Å². The fourth-order valence-corrected chi connectivity index (χ4v) is 3.75. The monoisotopic (exact) mass is 358 g/mol. The Hall–Kier alpha value is -3.14. The third-order valence-electron chi connectivity index (χ3n) is 5.21. The van der Waals surface area contributed by atoms with Crippen molar-refractivity contribution in [2.24, 2.45) is 5.92 Å². The maximum absolute atomic E-state index is 12.8. The molecule has 1 atom stereocenters. The van der Waals surface area contributed by atoms with Crippen LogP contribution in [0.5, 0.6) is 0 Å². The van der Waals surface area contributed by atoms with Crippen LogP contribution in [-0.2, 0) is 16.0 Å². The lowest BCUT2D eigenvalue weighted by molar-refractivity contribution is -0.122. The molecule has 1 aliphatic heterocycles. The van der Waals surface area contributed by atoms with Crippen molar-refractivity contribution in [3.05, 3.63) is 72.3 Å². The van der Waals surface area contributed by atoms with E-state index < -0.39 is 0 Å². The van der Waals surface area contributed by atoms with E-state index >= 15 is 0 Å². The summed E-state index contributed by atoms with van der Waals surface area (Å²) in [5, 5.41) is 5.14. The Labute approximate surface area is 158 Å². The van der Waals surface area contributed by atoms with Gasteiger partial charge in [0.1, 0.15) is 0 Å². The van der Waals surface area contributed by atoms with Gasteiger partial charge in [0.2, 0.25) is 11.8 Å². The summed E-state index contributed by atoms with van der Waals surface area (Å²) in [6, 6.07) is 21.8. The van der Waals surface area contributed by atoms with Crippen LogP contribution in [0.15, 0.2) is 66.7 Å². The highest BCUT2D eigenvalue weighted by Gasteiger charge is 2.35. The number of hydrogen-bond donors (Lipinski definition) is 1. The molecule has 1 saturated heterocycles. The third-order valence-corrected chi connectivity index (χ3v) is 5.21. The zero-order valence-corrected chi connectivity index (χ0v) is 15.3. The molecule has 27 heavy (non-hydrogen) atoms. The molecule has 2 amide bonds. The number of carbonyl (C=O) groups is 2. The number of anilines is 2. The van der Waals surface area contributed by atoms with E-state index in [0.717, 1.165) is 34.1 Å². The molecule has 136 valence electrons. The van der Waals surface area contributed by atoms with Crippen LogP contribution in [0.25, 0.3) is 10.8 Å². The normalized spacial score (nSPS) is 16.7. The van der Waals surface area contributed by atoms with Crippen molar-refractivity contribution in [2.45, 2.75) is 19.8 Å². The van der Waals surface area contributed by atoms with Crippen LogP contribution in [0.2, 0.25) is 0 Å². The summed E-state index contributed by atoms with van der Waals surface area (Å²) in [6.07, 6.45) is 1.09. The SMILES string of the molecule is CCc1ccccc1NC(=O)C1CC(=O)N(c2cccc3ccccc23)C1. The van der Waals surface area contributed by atoms with Gasteiger partial charge >= 0.3 is 0 Å². The van der Waals surface area contributed by atoms with Crippen molar-refractivity contribution in [3.63, 3.8) is 0 Å². The topological polar surface area (TPSA) is 49.4 Å². The molecular weight excluding hydrogens is 336 g/mol. The molecular formula is C23H22N2O2. The van der Waals surface area contributed by atoms with Gasteiger partial charge in [0.05, 0.1) is 11.6 Å². The zero-order valence-electron chi connectivity index (χ0n) is 15.3. The number of carbonyl (C=O) groups excluding carboxylic acids is 2. The van der Waals surface area contributed by atoms with Gasteiger partial charge in [-0.15, -0.1) is 0 Å². The average Bonchev–Trinajstić information content (AvgIpc) is 3.09. The first-order chi connectivity index (χ1) is 13.2. The molecule has 0 bridgehead atoms. The number of nitrogens with zero attached hydrogens (tertiary/aromatic N) is 1. The second kappa shape index (κ2) is 7.23. The van der Waals surface area contributed by atoms with Gasteiger partial charge in [-0.1, -0.05) is 61.5 Å². The minimum Gasteiger partial charge on any atom is -0.326 e. The fourth-order valence-electron chi connectivity index (χ4n) is 3.75. The van der Waals surface area contributed by atoms with Crippen LogP contribution in [0.4, 0.5) is 11.4 Å². The fraction of sp³-hybridized carbons (Fsp3) is 0.217. The number of nitrogens with one attached hydrogen (secondary N) is 1. The first-order valence-electron chi connectivity index (χ1n) is 9.34. The number of para-hydroxylation sites is 1. The number of hydrogen-bond acceptors (Lipinski definition) is 2. The van der Waals surface area contributed by atoms with E-state index in [1.165, 1.54) is 0 Å². The summed E-state index contributed by atoms with van der Waals surface area (Å²) in [7, 11) is 0. The maximum atomic E-state index is 12.8. The second-order valence-corrected chi connectivity index (χ2v) is 6.90. The molecule has 3 aromatic carbocycles. The van der Waals surface area contributed by atoms with E-state index in [4.69, 9.17) is 0 Å². The average molecular weight is 358 g/mol. The largest absolute Gasteiger partial charge is 0.326 e. The highest BCUT2D eigenvalue weighted by Crippen LogP contribution is 2.32. The minimum absolute atomic E-state index is 0.00437. The minimum atomic E-state index is -0.346. The molecule has 0 radical (unpaired) electrons. The van der Waals surface area contributed by atoms with E-state index in [-0.39, 0.29) is 24.2 Å². The Morgan fingerprint density at radius 2 is 1.78 bits per heavy atom. The van der Waals surface area contributed by atoms with Gasteiger partial charge in [-0.3, -0.25) is 9.59 Å². The molecule has 1 fully saturated rings. The molecule has 3 aromatic rings. The highest BCUT2D eigenvalue weighted by atomic mass is 16.2. The van der Waals surface area contributed by atoms with Crippen molar-refractivity contribution in [3.8, 4) is 0 Å². The van der Waals surface area contributed by atoms with E-state index in [9.17, 15) is 9.59 Å². The summed E-state index contributed by atoms with van der Waals surface area (Å²) < 4.78 is 0. The smallest absolute Gasteiger partial charge is 0.229 e. The third kappa shape index (κ3) is 3.31. The molecule has 0 aliphatic carbocycles. The highest BCUT2D eigenvalue weighted by molar-refractivity contribution is 6.08. The standard InChI is InChI=1S/C23H22N2O2/c1-2-16-8-4-6-12-20(16)24-23(27)18-14-22(26)25(15-18)21-13-7-10-17-9-3-5-11-19(17)21/h3-13,18H,2,14-15H2,1H3,(H,24,27). The van der Waals surface area contributed by atoms with Crippen LogP contribution >= 0.6 is 0 Å². The van der Waals surface area contributed by atoms with E-state index in [1.807, 2.05) is 66.7 Å². The molecule has 1 unspecified atom stereocenters. The van der Waals surface area contributed by atoms with Crippen molar-refractivity contribution >= 4 is 34.0 Å². The van der Waals surface area contributed by atoms with Gasteiger partial charge in [0.25, 0.3) is 0 Å². The first kappa shape index (κ1) is 17.3. The zero-order chi connectivity index (χ0) is 18.8. The van der Waals surface area contributed by atoms with Gasteiger partial charge in [-0.2, -0.15) is 0 Å². The lowest BCUT2D eigenvalue weighted by Crippen LogP contribution is -2.28. The predicted molar refractivity (Wildman–Crippen MR) is 109 cm³/mol. The van der Waals surface area contributed by atoms with E-state index in [2.05, 4.69) is 12.2 Å². The van der Waals surface area contributed by atoms with Crippen molar-refractivity contribution in [1.29, 1.82) is 0 Å². The van der Waals surface area contributed by atoms with E-state index in [1.54, 1.807) is 4.90 Å². The van der Waals surface area contributed by atoms with Crippen LogP contribution < -0.4 is 10.2 Å². The van der Waals surface area contributed by atoms with Gasteiger partial charge in [-0.05, 0) is 29.5 Å². The van der Waals surface area contributed by atoms with Gasteiger partial charge < -0.3 is 10.2 Å². The number of amides is 2. The van der Waals surface area contributed by atoms with Gasteiger partial charge in [-0.25, -0.2) is 0 Å². The molecule has 4 nitrogen and oxygen atoms in total. The molecule has 1 aliphatic rings. The van der Waals surface area contributed by atoms with E-state index in [0.29, 0.717) is 6.54 Å². The Morgan fingerprint density at radius 1 is 1.04 bits per heavy atom. The number of aryl methyl sites for hydroxylation is 1. The molecule has 0 spiro atoms. The summed E-state index contributed by atoms with van der Waals surface area (Å²) >= 11 is 0. The maximum Gasteiger partial charge on any atom is 0.229 e. The van der Waals surface area contributed by atoms with Crippen molar-refractivity contribution in [1.82, 2.24) is 0 Å². The van der Waals surface area contributed by atoms with Crippen molar-refractivity contribution in [2.75, 3.05) is 16.8 Å². The Kier molecular flexibility index (Phi) is 4.63. The van der Waals surface area contributed by atoms with Crippen LogP contribution in [-0.4, -0.2) is 18.4 Å². The number of rotatable bonds is 4. The predicted octanol–water partition coefficient (Wildman–Crippen LogP) is 4.39. The Morgan fingerprint density at radius 3 is 2.63 bits per heavy atom. The first-order valence-corrected chi connectivity index (χ1v) is 9.34. The number of benzene rings is 3. The quantitative estimate of drug-likeness (QED) is 0.752. The number of fused-ring (bicyclic) bond motifs is 1. The lowest BCUT2D eigenvalue weighted by atomic mass is 10.1. The Bertz CT molecular complexity index is 1010. The van der Waals surface area contributed by atoms with Crippen LogP contribution in [0, 0.1) is 5.92 Å². The molecule has 1 heterocycles. The summed E-state index contributed by atoms with van der Waals surface area (Å²) in [4.78, 5) is 27.2. The molecule has 0 aromatic heterocycles. The van der Waals surface area contributed by atoms with Crippen LogP contribution in [0.3, 0.4) is 0 Å². The summed E-state index contributed by atoms with van der Waals surface area (Å²) in [6.45, 7) is 2.47. The molecule has 4 rings (SSSR count). The second-order valence-electron chi connectivity index (χ2n) is 6.90. The van der Waals surface area contributed by atoms with Crippen LogP contribution in [0.1, 0.15) is 18.9 Å². The molecule has 4 heteroatoms. The Balaban J connectivity index is 1.56.